The van der Waals surface area contributed by atoms with E-state index in [0.717, 1.165) is 6.07 Å². The zero-order valence-electron chi connectivity index (χ0n) is 15.1. The van der Waals surface area contributed by atoms with E-state index in [1.807, 2.05) is 11.8 Å². The summed E-state index contributed by atoms with van der Waals surface area (Å²) in [4.78, 5) is 2.26. The Kier molecular flexibility index (Phi) is 6.08. The number of piperazine rings is 1. The van der Waals surface area contributed by atoms with Gasteiger partial charge in [0.2, 0.25) is 10.0 Å². The van der Waals surface area contributed by atoms with Crippen molar-refractivity contribution in [3.05, 3.63) is 59.7 Å². The normalized spacial score (nSPS) is 16.4. The van der Waals surface area contributed by atoms with E-state index in [4.69, 9.17) is 4.74 Å². The van der Waals surface area contributed by atoms with E-state index >= 15 is 0 Å². The van der Waals surface area contributed by atoms with Gasteiger partial charge in [-0.3, -0.25) is 4.90 Å². The van der Waals surface area contributed by atoms with Crippen LogP contribution in [-0.2, 0) is 16.6 Å². The maximum Gasteiger partial charge on any atom is 0.243 e. The Morgan fingerprint density at radius 2 is 1.63 bits per heavy atom. The van der Waals surface area contributed by atoms with Gasteiger partial charge in [0.15, 0.2) is 11.6 Å². The molecule has 1 heterocycles. The second kappa shape index (κ2) is 8.33. The van der Waals surface area contributed by atoms with Gasteiger partial charge in [0.1, 0.15) is 5.75 Å². The van der Waals surface area contributed by atoms with E-state index in [1.165, 1.54) is 10.4 Å². The summed E-state index contributed by atoms with van der Waals surface area (Å²) < 4.78 is 58.7. The molecule has 3 rings (SSSR count). The minimum Gasteiger partial charge on any atom is -0.494 e. The number of hydrogen-bond donors (Lipinski definition) is 0. The third-order valence-electron chi connectivity index (χ3n) is 4.49. The Labute approximate surface area is 158 Å². The number of nitrogens with zero attached hydrogens (tertiary/aromatic N) is 2. The van der Waals surface area contributed by atoms with Crippen molar-refractivity contribution in [2.24, 2.45) is 0 Å². The van der Waals surface area contributed by atoms with Gasteiger partial charge in [0.25, 0.3) is 0 Å². The molecule has 146 valence electrons. The summed E-state index contributed by atoms with van der Waals surface area (Å²) in [6.45, 7) is 4.58. The first kappa shape index (κ1) is 19.7. The summed E-state index contributed by atoms with van der Waals surface area (Å²) in [5.41, 5.74) is 0.664. The Morgan fingerprint density at radius 3 is 2.22 bits per heavy atom. The van der Waals surface area contributed by atoms with Crippen molar-refractivity contribution in [3.8, 4) is 5.75 Å². The number of sulfonamides is 1. The number of halogens is 2. The minimum atomic E-state index is -3.56. The Bertz CT molecular complexity index is 880. The molecule has 1 saturated heterocycles. The lowest BCUT2D eigenvalue weighted by Gasteiger charge is -2.34. The molecule has 0 bridgehead atoms. The quantitative estimate of drug-likeness (QED) is 0.754. The lowest BCUT2D eigenvalue weighted by atomic mass is 10.2. The molecule has 2 aromatic carbocycles. The van der Waals surface area contributed by atoms with E-state index in [2.05, 4.69) is 0 Å². The highest BCUT2D eigenvalue weighted by Crippen LogP contribution is 2.21. The molecular formula is C19H22F2N2O3S. The van der Waals surface area contributed by atoms with Crippen LogP contribution in [-0.4, -0.2) is 50.4 Å². The Hall–Kier alpha value is -2.03. The van der Waals surface area contributed by atoms with Crippen LogP contribution >= 0.6 is 0 Å². The van der Waals surface area contributed by atoms with E-state index in [9.17, 15) is 17.2 Å². The molecule has 8 heteroatoms. The Balaban J connectivity index is 1.61. The molecule has 0 radical (unpaired) electrons. The summed E-state index contributed by atoms with van der Waals surface area (Å²) >= 11 is 0. The van der Waals surface area contributed by atoms with Gasteiger partial charge in [0.05, 0.1) is 11.5 Å². The average molecular weight is 396 g/mol. The van der Waals surface area contributed by atoms with Crippen LogP contribution in [0, 0.1) is 11.6 Å². The van der Waals surface area contributed by atoms with Crippen LogP contribution < -0.4 is 4.74 Å². The molecule has 1 fully saturated rings. The van der Waals surface area contributed by atoms with E-state index in [1.54, 1.807) is 30.3 Å². The lowest BCUT2D eigenvalue weighted by Crippen LogP contribution is -2.48. The number of ether oxygens (including phenoxy) is 1. The maximum atomic E-state index is 13.3. The summed E-state index contributed by atoms with van der Waals surface area (Å²) in [7, 11) is -3.56. The second-order valence-corrected chi connectivity index (χ2v) is 8.27. The molecular weight excluding hydrogens is 374 g/mol. The first-order chi connectivity index (χ1) is 12.9. The van der Waals surface area contributed by atoms with Gasteiger partial charge >= 0.3 is 0 Å². The molecule has 27 heavy (non-hydrogen) atoms. The van der Waals surface area contributed by atoms with Crippen LogP contribution in [0.2, 0.25) is 0 Å². The largest absolute Gasteiger partial charge is 0.494 e. The van der Waals surface area contributed by atoms with Crippen LogP contribution in [0.1, 0.15) is 12.5 Å². The summed E-state index contributed by atoms with van der Waals surface area (Å²) in [6.07, 6.45) is 0. The van der Waals surface area contributed by atoms with Crippen LogP contribution in [0.5, 0.6) is 5.75 Å². The molecule has 0 atom stereocenters. The fourth-order valence-electron chi connectivity index (χ4n) is 3.05. The predicted octanol–water partition coefficient (Wildman–Crippen LogP) is 2.87. The van der Waals surface area contributed by atoms with Crippen LogP contribution in [0.15, 0.2) is 47.4 Å². The van der Waals surface area contributed by atoms with Gasteiger partial charge in [-0.25, -0.2) is 17.2 Å². The molecule has 5 nitrogen and oxygen atoms in total. The van der Waals surface area contributed by atoms with Crippen molar-refractivity contribution in [3.63, 3.8) is 0 Å². The summed E-state index contributed by atoms with van der Waals surface area (Å²) in [6, 6.07) is 10.2. The topological polar surface area (TPSA) is 49.9 Å². The zero-order chi connectivity index (χ0) is 19.4. The molecule has 0 aliphatic carbocycles. The number of benzene rings is 2. The summed E-state index contributed by atoms with van der Waals surface area (Å²) in [5.74, 6) is -1.11. The molecule has 0 saturated carbocycles. The highest BCUT2D eigenvalue weighted by atomic mass is 32.2. The zero-order valence-corrected chi connectivity index (χ0v) is 15.9. The number of hydrogen-bond acceptors (Lipinski definition) is 4. The van der Waals surface area contributed by atoms with Gasteiger partial charge in [0, 0.05) is 32.7 Å². The van der Waals surface area contributed by atoms with E-state index in [0.29, 0.717) is 50.6 Å². The molecule has 2 aromatic rings. The maximum absolute atomic E-state index is 13.3. The fraction of sp³-hybridized carbons (Fsp3) is 0.368. The van der Waals surface area contributed by atoms with Crippen molar-refractivity contribution >= 4 is 10.0 Å². The molecule has 0 spiro atoms. The predicted molar refractivity (Wildman–Crippen MR) is 98.0 cm³/mol. The first-order valence-corrected chi connectivity index (χ1v) is 10.2. The molecule has 0 amide bonds. The van der Waals surface area contributed by atoms with Gasteiger partial charge < -0.3 is 4.74 Å². The lowest BCUT2D eigenvalue weighted by molar-refractivity contribution is 0.181. The monoisotopic (exact) mass is 396 g/mol. The first-order valence-electron chi connectivity index (χ1n) is 8.79. The smallest absolute Gasteiger partial charge is 0.243 e. The third kappa shape index (κ3) is 4.63. The summed E-state index contributed by atoms with van der Waals surface area (Å²) in [5, 5.41) is 0. The fourth-order valence-corrected chi connectivity index (χ4v) is 4.47. The van der Waals surface area contributed by atoms with E-state index < -0.39 is 21.7 Å². The molecule has 0 aromatic heterocycles. The van der Waals surface area contributed by atoms with Crippen LogP contribution in [0.3, 0.4) is 0 Å². The number of rotatable bonds is 6. The Morgan fingerprint density at radius 1 is 0.963 bits per heavy atom. The second-order valence-electron chi connectivity index (χ2n) is 6.33. The molecule has 0 unspecified atom stereocenters. The van der Waals surface area contributed by atoms with Crippen LogP contribution in [0.4, 0.5) is 8.78 Å². The van der Waals surface area contributed by atoms with E-state index in [-0.39, 0.29) is 4.90 Å². The minimum absolute atomic E-state index is 0.236. The molecule has 0 N–H and O–H groups in total. The van der Waals surface area contributed by atoms with Crippen molar-refractivity contribution in [1.29, 1.82) is 0 Å². The van der Waals surface area contributed by atoms with Crippen molar-refractivity contribution < 1.29 is 21.9 Å². The van der Waals surface area contributed by atoms with Crippen molar-refractivity contribution in [2.75, 3.05) is 32.8 Å². The molecule has 1 aliphatic heterocycles. The third-order valence-corrected chi connectivity index (χ3v) is 6.41. The van der Waals surface area contributed by atoms with Crippen molar-refractivity contribution in [1.82, 2.24) is 9.21 Å². The average Bonchev–Trinajstić information content (AvgIpc) is 2.66. The van der Waals surface area contributed by atoms with Gasteiger partial charge in [-0.2, -0.15) is 4.31 Å². The van der Waals surface area contributed by atoms with Gasteiger partial charge in [-0.1, -0.05) is 6.07 Å². The molecule has 1 aliphatic rings. The van der Waals surface area contributed by atoms with Gasteiger partial charge in [-0.15, -0.1) is 0 Å². The van der Waals surface area contributed by atoms with Crippen LogP contribution in [0.25, 0.3) is 0 Å². The highest BCUT2D eigenvalue weighted by molar-refractivity contribution is 7.89. The SMILES string of the molecule is CCOc1ccc(S(=O)(=O)N2CCN(Cc3ccc(F)c(F)c3)CC2)cc1. The van der Waals surface area contributed by atoms with Gasteiger partial charge in [-0.05, 0) is 48.9 Å². The highest BCUT2D eigenvalue weighted by Gasteiger charge is 2.28. The standard InChI is InChI=1S/C19H22F2N2O3S/c1-2-26-16-4-6-17(7-5-16)27(24,25)23-11-9-22(10-12-23)14-15-3-8-18(20)19(21)13-15/h3-8,13H,2,9-12,14H2,1H3. The van der Waals surface area contributed by atoms with Crippen molar-refractivity contribution in [2.45, 2.75) is 18.4 Å².